The van der Waals surface area contributed by atoms with Crippen molar-refractivity contribution < 1.29 is 9.53 Å². The number of ether oxygens (including phenoxy) is 1. The summed E-state index contributed by atoms with van der Waals surface area (Å²) in [5.41, 5.74) is 2.09. The lowest BCUT2D eigenvalue weighted by Crippen LogP contribution is -2.29. The summed E-state index contributed by atoms with van der Waals surface area (Å²) in [5.74, 6) is 0.881. The molecule has 0 spiro atoms. The topological polar surface area (TPSA) is 81.9 Å². The lowest BCUT2D eigenvalue weighted by molar-refractivity contribution is -0.139. The quantitative estimate of drug-likeness (QED) is 0.871. The van der Waals surface area contributed by atoms with Crippen molar-refractivity contribution in [3.63, 3.8) is 0 Å². The van der Waals surface area contributed by atoms with Gasteiger partial charge in [0, 0.05) is 18.1 Å². The van der Waals surface area contributed by atoms with Crippen LogP contribution in [0.5, 0.6) is 0 Å². The van der Waals surface area contributed by atoms with Gasteiger partial charge < -0.3 is 10.1 Å². The van der Waals surface area contributed by atoms with Crippen LogP contribution in [0.4, 0.5) is 5.95 Å². The summed E-state index contributed by atoms with van der Waals surface area (Å²) in [4.78, 5) is 20.9. The van der Waals surface area contributed by atoms with Gasteiger partial charge in [-0.05, 0) is 32.4 Å². The van der Waals surface area contributed by atoms with E-state index in [2.05, 4.69) is 20.4 Å². The molecular weight excluding hydrogens is 282 g/mol. The third kappa shape index (κ3) is 2.34. The number of allylic oxidation sites excluding steroid dienone is 1. The molecule has 1 N–H and O–H groups in total. The van der Waals surface area contributed by atoms with Crippen LogP contribution in [0.2, 0.25) is 0 Å². The van der Waals surface area contributed by atoms with Crippen molar-refractivity contribution in [3.05, 3.63) is 47.2 Å². The minimum absolute atomic E-state index is 0.318. The van der Waals surface area contributed by atoms with E-state index in [1.54, 1.807) is 24.0 Å². The number of anilines is 1. The molecule has 0 radical (unpaired) electrons. The van der Waals surface area contributed by atoms with Crippen LogP contribution in [-0.4, -0.2) is 32.3 Å². The third-order valence-corrected chi connectivity index (χ3v) is 3.45. The molecule has 3 heterocycles. The second-order valence-electron chi connectivity index (χ2n) is 5.00. The average Bonchev–Trinajstić information content (AvgIpc) is 2.86. The van der Waals surface area contributed by atoms with Crippen molar-refractivity contribution in [3.8, 4) is 0 Å². The molecule has 7 heteroatoms. The van der Waals surface area contributed by atoms with Crippen LogP contribution in [0.15, 0.2) is 35.8 Å². The Labute approximate surface area is 128 Å². The van der Waals surface area contributed by atoms with Gasteiger partial charge in [0.2, 0.25) is 5.95 Å². The monoisotopic (exact) mass is 299 g/mol. The summed E-state index contributed by atoms with van der Waals surface area (Å²) in [6.45, 7) is 5.75. The highest BCUT2D eigenvalue weighted by Gasteiger charge is 2.34. The Morgan fingerprint density at radius 2 is 2.27 bits per heavy atom. The molecule has 0 saturated carbocycles. The van der Waals surface area contributed by atoms with Gasteiger partial charge in [0.15, 0.2) is 0 Å². The van der Waals surface area contributed by atoms with Gasteiger partial charge in [-0.1, -0.05) is 6.07 Å². The molecule has 2 aromatic rings. The Balaban J connectivity index is 2.16. The van der Waals surface area contributed by atoms with E-state index < -0.39 is 6.04 Å². The predicted molar refractivity (Wildman–Crippen MR) is 80.1 cm³/mol. The molecule has 0 aromatic carbocycles. The fourth-order valence-electron chi connectivity index (χ4n) is 2.58. The van der Waals surface area contributed by atoms with E-state index in [9.17, 15) is 4.79 Å². The smallest absolute Gasteiger partial charge is 0.338 e. The summed E-state index contributed by atoms with van der Waals surface area (Å²) in [5, 5.41) is 7.53. The van der Waals surface area contributed by atoms with Crippen molar-refractivity contribution >= 4 is 11.9 Å². The highest BCUT2D eigenvalue weighted by atomic mass is 16.5. The first-order valence-electron chi connectivity index (χ1n) is 7.09. The number of esters is 1. The van der Waals surface area contributed by atoms with Crippen LogP contribution in [0, 0.1) is 6.92 Å². The van der Waals surface area contributed by atoms with E-state index in [0.717, 1.165) is 5.56 Å². The highest BCUT2D eigenvalue weighted by Crippen LogP contribution is 2.35. The van der Waals surface area contributed by atoms with Gasteiger partial charge in [-0.15, -0.1) is 0 Å². The molecule has 114 valence electrons. The Hall–Kier alpha value is -2.70. The van der Waals surface area contributed by atoms with Gasteiger partial charge in [0.1, 0.15) is 11.9 Å². The van der Waals surface area contributed by atoms with E-state index in [1.165, 1.54) is 0 Å². The molecule has 0 aliphatic carbocycles. The molecule has 0 amide bonds. The number of hydrogen-bond acceptors (Lipinski definition) is 6. The fraction of sp³-hybridized carbons (Fsp3) is 0.333. The first kappa shape index (κ1) is 14.2. The predicted octanol–water partition coefficient (Wildman–Crippen LogP) is 1.83. The number of aromatic nitrogens is 4. The van der Waals surface area contributed by atoms with Crippen LogP contribution in [0.25, 0.3) is 0 Å². The molecule has 1 aliphatic rings. The summed E-state index contributed by atoms with van der Waals surface area (Å²) in [6, 6.07) is 3.35. The Morgan fingerprint density at radius 3 is 2.95 bits per heavy atom. The van der Waals surface area contributed by atoms with Gasteiger partial charge in [-0.2, -0.15) is 10.1 Å². The van der Waals surface area contributed by atoms with E-state index in [-0.39, 0.29) is 5.97 Å². The molecule has 1 aliphatic heterocycles. The number of rotatable bonds is 3. The maximum atomic E-state index is 12.4. The number of pyridine rings is 1. The molecule has 7 nitrogen and oxygen atoms in total. The van der Waals surface area contributed by atoms with E-state index >= 15 is 0 Å². The molecular formula is C15H17N5O2. The van der Waals surface area contributed by atoms with E-state index in [4.69, 9.17) is 4.74 Å². The van der Waals surface area contributed by atoms with Crippen LogP contribution in [0.1, 0.15) is 31.3 Å². The van der Waals surface area contributed by atoms with Crippen molar-refractivity contribution in [2.75, 3.05) is 11.9 Å². The maximum Gasteiger partial charge on any atom is 0.338 e. The SMILES string of the molecule is CCOC(=O)C1=C(C)Nc2nc(C)nn2[C@@H]1c1cccnc1. The molecule has 0 saturated heterocycles. The summed E-state index contributed by atoms with van der Waals surface area (Å²) >= 11 is 0. The molecule has 0 bridgehead atoms. The van der Waals surface area contributed by atoms with Crippen LogP contribution in [0.3, 0.4) is 0 Å². The van der Waals surface area contributed by atoms with Crippen molar-refractivity contribution in [2.45, 2.75) is 26.8 Å². The van der Waals surface area contributed by atoms with Gasteiger partial charge in [-0.25, -0.2) is 9.48 Å². The van der Waals surface area contributed by atoms with Crippen molar-refractivity contribution in [1.82, 2.24) is 19.7 Å². The fourth-order valence-corrected chi connectivity index (χ4v) is 2.58. The summed E-state index contributed by atoms with van der Waals surface area (Å²) in [6.07, 6.45) is 3.42. The zero-order valence-corrected chi connectivity index (χ0v) is 12.7. The van der Waals surface area contributed by atoms with Crippen molar-refractivity contribution in [2.24, 2.45) is 0 Å². The highest BCUT2D eigenvalue weighted by molar-refractivity contribution is 5.92. The second-order valence-corrected chi connectivity index (χ2v) is 5.00. The Bertz CT molecular complexity index is 736. The zero-order chi connectivity index (χ0) is 15.7. The first-order valence-corrected chi connectivity index (χ1v) is 7.09. The van der Waals surface area contributed by atoms with Crippen LogP contribution < -0.4 is 5.32 Å². The number of hydrogen-bond donors (Lipinski definition) is 1. The van der Waals surface area contributed by atoms with Crippen LogP contribution >= 0.6 is 0 Å². The summed E-state index contributed by atoms with van der Waals surface area (Å²) in [7, 11) is 0. The van der Waals surface area contributed by atoms with Crippen molar-refractivity contribution in [1.29, 1.82) is 0 Å². The first-order chi connectivity index (χ1) is 10.6. The number of carbonyl (C=O) groups excluding carboxylic acids is 1. The number of nitrogens with zero attached hydrogens (tertiary/aromatic N) is 4. The molecule has 1 atom stereocenters. The van der Waals surface area contributed by atoms with Gasteiger partial charge in [0.25, 0.3) is 0 Å². The molecule has 0 fully saturated rings. The Kier molecular flexibility index (Phi) is 3.62. The number of aryl methyl sites for hydroxylation is 1. The zero-order valence-electron chi connectivity index (χ0n) is 12.7. The molecule has 22 heavy (non-hydrogen) atoms. The van der Waals surface area contributed by atoms with Gasteiger partial charge in [-0.3, -0.25) is 4.98 Å². The van der Waals surface area contributed by atoms with Crippen LogP contribution in [-0.2, 0) is 9.53 Å². The number of fused-ring (bicyclic) bond motifs is 1. The van der Waals surface area contributed by atoms with E-state index in [1.807, 2.05) is 26.0 Å². The van der Waals surface area contributed by atoms with Gasteiger partial charge >= 0.3 is 5.97 Å². The molecule has 3 rings (SSSR count). The minimum atomic E-state index is -0.398. The van der Waals surface area contributed by atoms with Gasteiger partial charge in [0.05, 0.1) is 12.2 Å². The molecule has 0 unspecified atom stereocenters. The Morgan fingerprint density at radius 1 is 1.45 bits per heavy atom. The average molecular weight is 299 g/mol. The van der Waals surface area contributed by atoms with E-state index in [0.29, 0.717) is 29.6 Å². The third-order valence-electron chi connectivity index (χ3n) is 3.45. The standard InChI is InChI=1S/C15H17N5O2/c1-4-22-14(21)12-9(2)17-15-18-10(3)19-20(15)13(12)11-6-5-7-16-8-11/h5-8,13H,4H2,1-3H3,(H,17,18,19)/t13-/m1/s1. The summed E-state index contributed by atoms with van der Waals surface area (Å²) < 4.78 is 6.91. The largest absolute Gasteiger partial charge is 0.463 e. The lowest BCUT2D eigenvalue weighted by Gasteiger charge is -2.27. The molecule has 2 aromatic heterocycles. The number of carbonyl (C=O) groups is 1. The lowest BCUT2D eigenvalue weighted by atomic mass is 9.97. The maximum absolute atomic E-state index is 12.4. The minimum Gasteiger partial charge on any atom is -0.463 e. The number of nitrogens with one attached hydrogen (secondary N) is 1. The normalized spacial score (nSPS) is 17.0. The second kappa shape index (κ2) is 5.59.